The minimum absolute atomic E-state index is 0.304. The van der Waals surface area contributed by atoms with Crippen LogP contribution in [0.2, 0.25) is 0 Å². The average Bonchev–Trinajstić information content (AvgIpc) is 2.47. The van der Waals surface area contributed by atoms with E-state index < -0.39 is 5.97 Å². The number of hydrogen-bond donors (Lipinski definition) is 2. The van der Waals surface area contributed by atoms with Crippen molar-refractivity contribution in [3.05, 3.63) is 53.6 Å². The fraction of sp³-hybridized carbons (Fsp3) is 0.188. The molecule has 1 heterocycles. The van der Waals surface area contributed by atoms with Crippen LogP contribution in [0.15, 0.2) is 42.5 Å². The van der Waals surface area contributed by atoms with Crippen LogP contribution >= 0.6 is 0 Å². The predicted octanol–water partition coefficient (Wildman–Crippen LogP) is 2.37. The van der Waals surface area contributed by atoms with E-state index in [1.54, 1.807) is 18.2 Å². The predicted molar refractivity (Wildman–Crippen MR) is 80.8 cm³/mol. The van der Waals surface area contributed by atoms with Crippen molar-refractivity contribution in [1.82, 2.24) is 0 Å². The molecule has 5 heteroatoms. The van der Waals surface area contributed by atoms with E-state index in [2.05, 4.69) is 4.90 Å². The van der Waals surface area contributed by atoms with Crippen LogP contribution in [0.25, 0.3) is 0 Å². The van der Waals surface area contributed by atoms with Crippen molar-refractivity contribution in [2.45, 2.75) is 6.54 Å². The van der Waals surface area contributed by atoms with E-state index in [1.807, 2.05) is 24.3 Å². The number of aromatic carboxylic acids is 1. The van der Waals surface area contributed by atoms with Gasteiger partial charge in [-0.05, 0) is 29.8 Å². The Labute approximate surface area is 122 Å². The first-order chi connectivity index (χ1) is 10.1. The molecule has 108 valence electrons. The van der Waals surface area contributed by atoms with Crippen molar-refractivity contribution < 1.29 is 14.6 Å². The minimum atomic E-state index is -0.910. The molecule has 21 heavy (non-hydrogen) atoms. The molecule has 0 aliphatic carbocycles. The van der Waals surface area contributed by atoms with Crippen molar-refractivity contribution in [3.8, 4) is 5.75 Å². The van der Waals surface area contributed by atoms with Crippen LogP contribution < -0.4 is 15.4 Å². The third-order valence-electron chi connectivity index (χ3n) is 3.49. The fourth-order valence-electron chi connectivity index (χ4n) is 2.48. The highest BCUT2D eigenvalue weighted by Crippen LogP contribution is 2.34. The average molecular weight is 284 g/mol. The summed E-state index contributed by atoms with van der Waals surface area (Å²) < 4.78 is 5.62. The van der Waals surface area contributed by atoms with Gasteiger partial charge in [0.2, 0.25) is 0 Å². The maximum absolute atomic E-state index is 11.0. The maximum Gasteiger partial charge on any atom is 0.335 e. The van der Waals surface area contributed by atoms with Crippen LogP contribution in [-0.4, -0.2) is 24.2 Å². The molecule has 2 aromatic rings. The largest absolute Gasteiger partial charge is 0.489 e. The van der Waals surface area contributed by atoms with Crippen molar-refractivity contribution in [3.63, 3.8) is 0 Å². The monoisotopic (exact) mass is 284 g/mol. The highest BCUT2D eigenvalue weighted by atomic mass is 16.5. The van der Waals surface area contributed by atoms with Gasteiger partial charge in [0.25, 0.3) is 0 Å². The summed E-state index contributed by atoms with van der Waals surface area (Å²) in [5, 5.41) is 9.06. The number of benzene rings is 2. The summed E-state index contributed by atoms with van der Waals surface area (Å²) in [6.07, 6.45) is 0. The number of nitrogen functional groups attached to an aromatic ring is 1. The van der Waals surface area contributed by atoms with Gasteiger partial charge in [0.1, 0.15) is 12.4 Å². The van der Waals surface area contributed by atoms with E-state index in [0.29, 0.717) is 24.4 Å². The standard InChI is InChI=1S/C16H16N2O3/c17-13-4-5-14-15(9-13)21-7-6-18(14)10-11-2-1-3-12(8-11)16(19)20/h1-5,8-9H,6-7,10,17H2,(H,19,20). The molecular weight excluding hydrogens is 268 g/mol. The molecule has 0 saturated heterocycles. The van der Waals surface area contributed by atoms with Gasteiger partial charge >= 0.3 is 5.97 Å². The summed E-state index contributed by atoms with van der Waals surface area (Å²) in [7, 11) is 0. The van der Waals surface area contributed by atoms with Gasteiger partial charge in [0.05, 0.1) is 17.8 Å². The number of anilines is 2. The molecule has 3 N–H and O–H groups in total. The van der Waals surface area contributed by atoms with E-state index >= 15 is 0 Å². The highest BCUT2D eigenvalue weighted by Gasteiger charge is 2.18. The van der Waals surface area contributed by atoms with E-state index in [0.717, 1.165) is 23.5 Å². The summed E-state index contributed by atoms with van der Waals surface area (Å²) in [5.74, 6) is -0.136. The zero-order valence-electron chi connectivity index (χ0n) is 11.5. The Balaban J connectivity index is 1.86. The molecule has 0 spiro atoms. The van der Waals surface area contributed by atoms with Crippen LogP contribution in [0, 0.1) is 0 Å². The topological polar surface area (TPSA) is 75.8 Å². The molecule has 0 atom stereocenters. The zero-order valence-corrected chi connectivity index (χ0v) is 11.5. The SMILES string of the molecule is Nc1ccc2c(c1)OCCN2Cc1cccc(C(=O)O)c1. The molecule has 0 amide bonds. The normalized spacial score (nSPS) is 13.4. The van der Waals surface area contributed by atoms with Gasteiger partial charge in [0, 0.05) is 18.3 Å². The lowest BCUT2D eigenvalue weighted by Crippen LogP contribution is -2.32. The van der Waals surface area contributed by atoms with Gasteiger partial charge in [-0.2, -0.15) is 0 Å². The summed E-state index contributed by atoms with van der Waals surface area (Å²) in [4.78, 5) is 13.2. The van der Waals surface area contributed by atoms with Crippen molar-refractivity contribution in [2.75, 3.05) is 23.8 Å². The Morgan fingerprint density at radius 1 is 1.29 bits per heavy atom. The van der Waals surface area contributed by atoms with E-state index in [9.17, 15) is 4.79 Å². The van der Waals surface area contributed by atoms with Gasteiger partial charge in [-0.3, -0.25) is 0 Å². The Morgan fingerprint density at radius 3 is 2.95 bits per heavy atom. The van der Waals surface area contributed by atoms with Gasteiger partial charge in [-0.15, -0.1) is 0 Å². The second kappa shape index (κ2) is 5.36. The molecule has 1 aliphatic rings. The van der Waals surface area contributed by atoms with Crippen LogP contribution in [0.1, 0.15) is 15.9 Å². The molecule has 0 radical (unpaired) electrons. The molecule has 0 aromatic heterocycles. The van der Waals surface area contributed by atoms with Crippen LogP contribution in [0.3, 0.4) is 0 Å². The fourth-order valence-corrected chi connectivity index (χ4v) is 2.48. The molecule has 2 aromatic carbocycles. The van der Waals surface area contributed by atoms with E-state index in [1.165, 1.54) is 0 Å². The van der Waals surface area contributed by atoms with Gasteiger partial charge < -0.3 is 20.5 Å². The number of nitrogens with two attached hydrogens (primary N) is 1. The number of carbonyl (C=O) groups is 1. The lowest BCUT2D eigenvalue weighted by molar-refractivity contribution is 0.0696. The first-order valence-corrected chi connectivity index (χ1v) is 6.73. The van der Waals surface area contributed by atoms with Gasteiger partial charge in [0.15, 0.2) is 0 Å². The zero-order chi connectivity index (χ0) is 14.8. The highest BCUT2D eigenvalue weighted by molar-refractivity contribution is 5.87. The third kappa shape index (κ3) is 2.76. The van der Waals surface area contributed by atoms with Crippen LogP contribution in [0.5, 0.6) is 5.75 Å². The van der Waals surface area contributed by atoms with E-state index in [4.69, 9.17) is 15.6 Å². The minimum Gasteiger partial charge on any atom is -0.489 e. The second-order valence-corrected chi connectivity index (χ2v) is 5.00. The first-order valence-electron chi connectivity index (χ1n) is 6.73. The van der Waals surface area contributed by atoms with Crippen LogP contribution in [0.4, 0.5) is 11.4 Å². The Bertz CT molecular complexity index is 685. The Kier molecular flexibility index (Phi) is 3.39. The second-order valence-electron chi connectivity index (χ2n) is 5.00. The third-order valence-corrected chi connectivity index (χ3v) is 3.49. The number of ether oxygens (including phenoxy) is 1. The Hall–Kier alpha value is -2.69. The number of fused-ring (bicyclic) bond motifs is 1. The Morgan fingerprint density at radius 2 is 2.14 bits per heavy atom. The first kappa shape index (κ1) is 13.3. The molecule has 0 bridgehead atoms. The number of rotatable bonds is 3. The summed E-state index contributed by atoms with van der Waals surface area (Å²) in [5.41, 5.74) is 8.68. The number of carboxylic acid groups (broad SMARTS) is 1. The van der Waals surface area contributed by atoms with Gasteiger partial charge in [-0.1, -0.05) is 12.1 Å². The molecule has 1 aliphatic heterocycles. The van der Waals surface area contributed by atoms with E-state index in [-0.39, 0.29) is 0 Å². The summed E-state index contributed by atoms with van der Waals surface area (Å²) in [6.45, 7) is 1.99. The van der Waals surface area contributed by atoms with Crippen molar-refractivity contribution in [2.24, 2.45) is 0 Å². The molecular formula is C16H16N2O3. The van der Waals surface area contributed by atoms with Crippen molar-refractivity contribution in [1.29, 1.82) is 0 Å². The lowest BCUT2D eigenvalue weighted by Gasteiger charge is -2.31. The smallest absolute Gasteiger partial charge is 0.335 e. The number of carboxylic acids is 1. The number of hydrogen-bond acceptors (Lipinski definition) is 4. The lowest BCUT2D eigenvalue weighted by atomic mass is 10.1. The molecule has 5 nitrogen and oxygen atoms in total. The summed E-state index contributed by atoms with van der Waals surface area (Å²) >= 11 is 0. The quantitative estimate of drug-likeness (QED) is 0.846. The molecule has 0 saturated carbocycles. The molecule has 0 unspecified atom stereocenters. The number of nitrogens with zero attached hydrogens (tertiary/aromatic N) is 1. The van der Waals surface area contributed by atoms with Crippen LogP contribution in [-0.2, 0) is 6.54 Å². The summed E-state index contributed by atoms with van der Waals surface area (Å²) in [6, 6.07) is 12.6. The van der Waals surface area contributed by atoms with Gasteiger partial charge in [-0.25, -0.2) is 4.79 Å². The van der Waals surface area contributed by atoms with Crippen molar-refractivity contribution >= 4 is 17.3 Å². The molecule has 3 rings (SSSR count). The maximum atomic E-state index is 11.0. The molecule has 0 fully saturated rings.